The van der Waals surface area contributed by atoms with Crippen molar-refractivity contribution in [1.29, 1.82) is 0 Å². The molecule has 2 rings (SSSR count). The molecule has 0 aliphatic heterocycles. The van der Waals surface area contributed by atoms with Crippen LogP contribution >= 0.6 is 0 Å². The molecule has 0 radical (unpaired) electrons. The Kier molecular flexibility index (Phi) is 5.93. The van der Waals surface area contributed by atoms with Crippen LogP contribution in [0.3, 0.4) is 0 Å². The molecule has 0 heterocycles. The van der Waals surface area contributed by atoms with Crippen molar-refractivity contribution in [1.82, 2.24) is 0 Å². The molecule has 146 valence electrons. The highest BCUT2D eigenvalue weighted by Crippen LogP contribution is 2.32. The highest BCUT2D eigenvalue weighted by atomic mass is 32.2. The molecule has 0 amide bonds. The number of benzene rings is 2. The number of hydrogen-bond donors (Lipinski definition) is 0. The molecule has 0 N–H and O–H groups in total. The average Bonchev–Trinajstić information content (AvgIpc) is 2.60. The van der Waals surface area contributed by atoms with Crippen molar-refractivity contribution < 1.29 is 44.5 Å². The van der Waals surface area contributed by atoms with Gasteiger partial charge in [-0.1, -0.05) is 0 Å². The maximum atomic E-state index is 14.1. The third-order valence-corrected chi connectivity index (χ3v) is 4.71. The van der Waals surface area contributed by atoms with Crippen molar-refractivity contribution in [3.05, 3.63) is 58.7 Å². The van der Waals surface area contributed by atoms with Crippen LogP contribution in [0.2, 0.25) is 0 Å². The Balaban J connectivity index is 2.56. The predicted molar refractivity (Wildman–Crippen MR) is 78.3 cm³/mol. The van der Waals surface area contributed by atoms with Gasteiger partial charge in [-0.25, -0.2) is 26.6 Å². The van der Waals surface area contributed by atoms with Gasteiger partial charge in [-0.2, -0.15) is 13.2 Å². The topological polar surface area (TPSA) is 43.4 Å². The van der Waals surface area contributed by atoms with Crippen molar-refractivity contribution in [3.63, 3.8) is 0 Å². The zero-order valence-electron chi connectivity index (χ0n) is 13.3. The van der Waals surface area contributed by atoms with Crippen LogP contribution in [-0.2, 0) is 21.7 Å². The number of halogens is 7. The molecular formula is C16H9F7O3S. The second-order valence-electron chi connectivity index (χ2n) is 4.97. The predicted octanol–water partition coefficient (Wildman–Crippen LogP) is 4.61. The summed E-state index contributed by atoms with van der Waals surface area (Å²) in [4.78, 5) is 9.35. The second-order valence-corrected chi connectivity index (χ2v) is 6.39. The van der Waals surface area contributed by atoms with Crippen LogP contribution in [0.15, 0.2) is 34.1 Å². The standard InChI is InChI=1S/C16H9F7O3S/c1-2-26-15(24)9-10(17)12(19)14(13(20)11(9)18)27(25)8-5-3-7(4-6-8)16(21,22)23/h3-6H,2H2,1H3. The third-order valence-electron chi connectivity index (χ3n) is 3.28. The number of ether oxygens (including phenoxy) is 1. The van der Waals surface area contributed by atoms with E-state index in [4.69, 9.17) is 0 Å². The van der Waals surface area contributed by atoms with Crippen molar-refractivity contribution in [2.45, 2.75) is 22.9 Å². The average molecular weight is 414 g/mol. The van der Waals surface area contributed by atoms with E-state index in [9.17, 15) is 39.7 Å². The van der Waals surface area contributed by atoms with E-state index in [0.29, 0.717) is 24.3 Å². The third kappa shape index (κ3) is 3.97. The first-order chi connectivity index (χ1) is 12.5. The van der Waals surface area contributed by atoms with Crippen LogP contribution in [0.5, 0.6) is 0 Å². The van der Waals surface area contributed by atoms with Crippen LogP contribution in [0.1, 0.15) is 22.8 Å². The summed E-state index contributed by atoms with van der Waals surface area (Å²) in [5, 5.41) is 0. The second kappa shape index (κ2) is 7.67. The van der Waals surface area contributed by atoms with E-state index in [0.717, 1.165) is 0 Å². The summed E-state index contributed by atoms with van der Waals surface area (Å²) in [5.41, 5.74) is -2.76. The number of hydrogen-bond acceptors (Lipinski definition) is 3. The zero-order chi connectivity index (χ0) is 20.5. The number of carbonyl (C=O) groups is 1. The molecule has 3 nitrogen and oxygen atoms in total. The van der Waals surface area contributed by atoms with E-state index < -0.39 is 67.1 Å². The van der Waals surface area contributed by atoms with Crippen LogP contribution < -0.4 is 0 Å². The Hall–Kier alpha value is -2.43. The fraction of sp³-hybridized carbons (Fsp3) is 0.188. The van der Waals surface area contributed by atoms with Gasteiger partial charge in [-0.05, 0) is 31.2 Å². The molecule has 2 aromatic rings. The summed E-state index contributed by atoms with van der Waals surface area (Å²) in [5.74, 6) is -10.1. The fourth-order valence-electron chi connectivity index (χ4n) is 2.04. The summed E-state index contributed by atoms with van der Waals surface area (Å²) in [6.07, 6.45) is -4.71. The summed E-state index contributed by atoms with van der Waals surface area (Å²) < 4.78 is 110. The zero-order valence-corrected chi connectivity index (χ0v) is 14.1. The van der Waals surface area contributed by atoms with Crippen molar-refractivity contribution >= 4 is 16.8 Å². The Bertz CT molecular complexity index is 879. The molecule has 0 aromatic heterocycles. The molecule has 2 aromatic carbocycles. The van der Waals surface area contributed by atoms with Gasteiger partial charge in [0.05, 0.1) is 23.0 Å². The molecule has 0 aliphatic carbocycles. The highest BCUT2D eigenvalue weighted by molar-refractivity contribution is 7.85. The molecule has 1 atom stereocenters. The van der Waals surface area contributed by atoms with Crippen LogP contribution in [-0.4, -0.2) is 16.8 Å². The Morgan fingerprint density at radius 3 is 1.85 bits per heavy atom. The van der Waals surface area contributed by atoms with E-state index in [1.165, 1.54) is 6.92 Å². The van der Waals surface area contributed by atoms with Gasteiger partial charge in [0.1, 0.15) is 10.5 Å². The fourth-order valence-corrected chi connectivity index (χ4v) is 3.17. The van der Waals surface area contributed by atoms with E-state index in [2.05, 4.69) is 4.74 Å². The maximum Gasteiger partial charge on any atom is 0.416 e. The molecule has 0 saturated heterocycles. The van der Waals surface area contributed by atoms with Gasteiger partial charge < -0.3 is 4.74 Å². The lowest BCUT2D eigenvalue weighted by Crippen LogP contribution is -2.16. The molecule has 0 bridgehead atoms. The molecule has 27 heavy (non-hydrogen) atoms. The lowest BCUT2D eigenvalue weighted by atomic mass is 10.2. The molecule has 0 saturated carbocycles. The van der Waals surface area contributed by atoms with E-state index in [1.807, 2.05) is 0 Å². The van der Waals surface area contributed by atoms with E-state index in [1.54, 1.807) is 0 Å². The number of rotatable bonds is 4. The smallest absolute Gasteiger partial charge is 0.416 e. The molecular weight excluding hydrogens is 405 g/mol. The monoisotopic (exact) mass is 414 g/mol. The van der Waals surface area contributed by atoms with Gasteiger partial charge in [0, 0.05) is 4.90 Å². The van der Waals surface area contributed by atoms with E-state index >= 15 is 0 Å². The van der Waals surface area contributed by atoms with Crippen molar-refractivity contribution in [2.24, 2.45) is 0 Å². The minimum Gasteiger partial charge on any atom is -0.462 e. The molecule has 0 fully saturated rings. The Labute approximate surface area is 150 Å². The molecule has 1 unspecified atom stereocenters. The Morgan fingerprint density at radius 2 is 1.44 bits per heavy atom. The molecule has 0 spiro atoms. The highest BCUT2D eigenvalue weighted by Gasteiger charge is 2.34. The van der Waals surface area contributed by atoms with Crippen LogP contribution in [0.4, 0.5) is 30.7 Å². The van der Waals surface area contributed by atoms with Crippen molar-refractivity contribution in [3.8, 4) is 0 Å². The number of carbonyl (C=O) groups excluding carboxylic acids is 1. The summed E-state index contributed by atoms with van der Waals surface area (Å²) in [6, 6.07) is 2.27. The van der Waals surface area contributed by atoms with Gasteiger partial charge in [0.15, 0.2) is 23.3 Å². The maximum absolute atomic E-state index is 14.1. The quantitative estimate of drug-likeness (QED) is 0.417. The largest absolute Gasteiger partial charge is 0.462 e. The van der Waals surface area contributed by atoms with E-state index in [-0.39, 0.29) is 6.61 Å². The van der Waals surface area contributed by atoms with Crippen LogP contribution in [0, 0.1) is 23.3 Å². The molecule has 0 aliphatic rings. The number of alkyl halides is 3. The molecule has 11 heteroatoms. The lowest BCUT2D eigenvalue weighted by Gasteiger charge is -2.12. The normalized spacial score (nSPS) is 12.7. The summed E-state index contributed by atoms with van der Waals surface area (Å²) >= 11 is 0. The van der Waals surface area contributed by atoms with Gasteiger partial charge in [0.25, 0.3) is 0 Å². The minimum absolute atomic E-state index is 0.333. The first-order valence-electron chi connectivity index (χ1n) is 7.12. The van der Waals surface area contributed by atoms with Gasteiger partial charge in [-0.15, -0.1) is 0 Å². The van der Waals surface area contributed by atoms with Gasteiger partial charge in [-0.3, -0.25) is 0 Å². The summed E-state index contributed by atoms with van der Waals surface area (Å²) in [7, 11) is -2.90. The first-order valence-corrected chi connectivity index (χ1v) is 8.27. The lowest BCUT2D eigenvalue weighted by molar-refractivity contribution is -0.137. The number of esters is 1. The van der Waals surface area contributed by atoms with Crippen LogP contribution in [0.25, 0.3) is 0 Å². The first kappa shape index (κ1) is 20.9. The summed E-state index contributed by atoms with van der Waals surface area (Å²) in [6.45, 7) is 0.953. The van der Waals surface area contributed by atoms with Gasteiger partial charge >= 0.3 is 12.1 Å². The Morgan fingerprint density at radius 1 is 0.963 bits per heavy atom. The van der Waals surface area contributed by atoms with Gasteiger partial charge in [0.2, 0.25) is 0 Å². The SMILES string of the molecule is CCOC(=O)c1c(F)c(F)c(S(=O)c2ccc(C(F)(F)F)cc2)c(F)c1F. The minimum atomic E-state index is -4.71. The van der Waals surface area contributed by atoms with Crippen molar-refractivity contribution in [2.75, 3.05) is 6.61 Å².